The topological polar surface area (TPSA) is 9.23 Å². The molecule has 1 heterocycles. The zero-order valence-electron chi connectivity index (χ0n) is 5.39. The van der Waals surface area contributed by atoms with Gasteiger partial charge in [-0.15, -0.1) is 11.8 Å². The summed E-state index contributed by atoms with van der Waals surface area (Å²) in [4.78, 5) is 0. The highest BCUT2D eigenvalue weighted by atomic mass is 32.2. The van der Waals surface area contributed by atoms with Gasteiger partial charge in [-0.25, -0.2) is 0 Å². The molecule has 1 atom stereocenters. The van der Waals surface area contributed by atoms with E-state index in [2.05, 4.69) is 13.8 Å². The monoisotopic (exact) mass is 132 g/mol. The standard InChI is InChI=1S/C6H12OS/c1-5(2)6-3-8-4-7-6/h5-6H,3-4H2,1-2H3. The van der Waals surface area contributed by atoms with Gasteiger partial charge in [0.1, 0.15) is 0 Å². The van der Waals surface area contributed by atoms with E-state index < -0.39 is 0 Å². The molecule has 8 heavy (non-hydrogen) atoms. The van der Waals surface area contributed by atoms with Crippen LogP contribution in [0, 0.1) is 5.92 Å². The maximum atomic E-state index is 5.38. The molecule has 1 fully saturated rings. The fourth-order valence-electron chi connectivity index (χ4n) is 0.733. The van der Waals surface area contributed by atoms with Gasteiger partial charge in [0.05, 0.1) is 12.0 Å². The third kappa shape index (κ3) is 1.39. The van der Waals surface area contributed by atoms with Crippen molar-refractivity contribution in [2.75, 3.05) is 11.7 Å². The van der Waals surface area contributed by atoms with Gasteiger partial charge >= 0.3 is 0 Å². The van der Waals surface area contributed by atoms with Gasteiger partial charge in [0.2, 0.25) is 0 Å². The molecule has 0 spiro atoms. The van der Waals surface area contributed by atoms with Crippen LogP contribution in [-0.2, 0) is 4.74 Å². The minimum Gasteiger partial charge on any atom is -0.367 e. The van der Waals surface area contributed by atoms with Gasteiger partial charge in [0.25, 0.3) is 0 Å². The van der Waals surface area contributed by atoms with Gasteiger partial charge in [-0.2, -0.15) is 0 Å². The van der Waals surface area contributed by atoms with Crippen molar-refractivity contribution in [3.63, 3.8) is 0 Å². The van der Waals surface area contributed by atoms with Gasteiger partial charge < -0.3 is 4.74 Å². The largest absolute Gasteiger partial charge is 0.367 e. The number of thioether (sulfide) groups is 1. The first kappa shape index (κ1) is 6.43. The summed E-state index contributed by atoms with van der Waals surface area (Å²) in [6, 6.07) is 0. The predicted octanol–water partition coefficient (Wildman–Crippen LogP) is 1.73. The molecule has 0 amide bonds. The number of hydrogen-bond donors (Lipinski definition) is 0. The zero-order valence-corrected chi connectivity index (χ0v) is 6.20. The molecular weight excluding hydrogens is 120 g/mol. The quantitative estimate of drug-likeness (QED) is 0.537. The second kappa shape index (κ2) is 2.74. The molecule has 1 aliphatic rings. The Morgan fingerprint density at radius 2 is 2.38 bits per heavy atom. The molecule has 0 bridgehead atoms. The van der Waals surface area contributed by atoms with E-state index in [0.29, 0.717) is 12.0 Å². The predicted molar refractivity (Wildman–Crippen MR) is 37.0 cm³/mol. The van der Waals surface area contributed by atoms with Crippen molar-refractivity contribution in [3.05, 3.63) is 0 Å². The molecule has 1 nitrogen and oxygen atoms in total. The van der Waals surface area contributed by atoms with Gasteiger partial charge in [-0.1, -0.05) is 13.8 Å². The average Bonchev–Trinajstić information content (AvgIpc) is 2.12. The second-order valence-electron chi connectivity index (χ2n) is 2.44. The van der Waals surface area contributed by atoms with Gasteiger partial charge in [-0.05, 0) is 5.92 Å². The van der Waals surface area contributed by atoms with E-state index in [9.17, 15) is 0 Å². The van der Waals surface area contributed by atoms with Crippen LogP contribution < -0.4 is 0 Å². The van der Waals surface area contributed by atoms with Crippen molar-refractivity contribution in [1.29, 1.82) is 0 Å². The molecule has 0 radical (unpaired) electrons. The maximum Gasteiger partial charge on any atom is 0.0926 e. The molecule has 0 aliphatic carbocycles. The van der Waals surface area contributed by atoms with Crippen LogP contribution in [0.15, 0.2) is 0 Å². The van der Waals surface area contributed by atoms with E-state index in [0.717, 1.165) is 5.94 Å². The summed E-state index contributed by atoms with van der Waals surface area (Å²) < 4.78 is 5.38. The molecule has 0 saturated carbocycles. The van der Waals surface area contributed by atoms with Crippen LogP contribution in [0.2, 0.25) is 0 Å². The van der Waals surface area contributed by atoms with E-state index in [-0.39, 0.29) is 0 Å². The Balaban J connectivity index is 2.24. The van der Waals surface area contributed by atoms with Crippen LogP contribution >= 0.6 is 11.8 Å². The summed E-state index contributed by atoms with van der Waals surface area (Å²) >= 11 is 1.89. The Hall–Kier alpha value is 0.310. The lowest BCUT2D eigenvalue weighted by atomic mass is 10.1. The third-order valence-electron chi connectivity index (χ3n) is 1.39. The number of rotatable bonds is 1. The molecule has 0 aromatic heterocycles. The minimum absolute atomic E-state index is 0.528. The summed E-state index contributed by atoms with van der Waals surface area (Å²) in [7, 11) is 0. The van der Waals surface area contributed by atoms with Gasteiger partial charge in [-0.3, -0.25) is 0 Å². The Kier molecular flexibility index (Phi) is 2.20. The van der Waals surface area contributed by atoms with E-state index >= 15 is 0 Å². The molecule has 1 aliphatic heterocycles. The van der Waals surface area contributed by atoms with Crippen LogP contribution in [0.5, 0.6) is 0 Å². The first-order chi connectivity index (χ1) is 3.80. The highest BCUT2D eigenvalue weighted by Crippen LogP contribution is 2.21. The maximum absolute atomic E-state index is 5.38. The number of ether oxygens (including phenoxy) is 1. The van der Waals surface area contributed by atoms with E-state index in [1.54, 1.807) is 0 Å². The lowest BCUT2D eigenvalue weighted by Crippen LogP contribution is -2.15. The Labute approximate surface area is 54.8 Å². The van der Waals surface area contributed by atoms with Crippen molar-refractivity contribution in [1.82, 2.24) is 0 Å². The summed E-state index contributed by atoms with van der Waals surface area (Å²) in [5, 5.41) is 0. The first-order valence-corrected chi connectivity index (χ1v) is 4.15. The first-order valence-electron chi connectivity index (χ1n) is 3.00. The molecule has 1 unspecified atom stereocenters. The van der Waals surface area contributed by atoms with Crippen molar-refractivity contribution < 1.29 is 4.74 Å². The average molecular weight is 132 g/mol. The van der Waals surface area contributed by atoms with E-state index in [1.807, 2.05) is 11.8 Å². The fraction of sp³-hybridized carbons (Fsp3) is 1.00. The van der Waals surface area contributed by atoms with Crippen LogP contribution in [0.4, 0.5) is 0 Å². The van der Waals surface area contributed by atoms with E-state index in [4.69, 9.17) is 4.74 Å². The minimum atomic E-state index is 0.528. The molecule has 0 aromatic rings. The molecule has 48 valence electrons. The lowest BCUT2D eigenvalue weighted by molar-refractivity contribution is 0.0871. The van der Waals surface area contributed by atoms with Crippen molar-refractivity contribution >= 4 is 11.8 Å². The molecule has 0 aromatic carbocycles. The summed E-state index contributed by atoms with van der Waals surface area (Å²) in [6.07, 6.45) is 0.528. The second-order valence-corrected chi connectivity index (χ2v) is 3.42. The third-order valence-corrected chi connectivity index (χ3v) is 2.26. The van der Waals surface area contributed by atoms with E-state index in [1.165, 1.54) is 5.75 Å². The smallest absolute Gasteiger partial charge is 0.0926 e. The highest BCUT2D eigenvalue weighted by molar-refractivity contribution is 7.99. The van der Waals surface area contributed by atoms with Gasteiger partial charge in [0.15, 0.2) is 0 Å². The SMILES string of the molecule is CC(C)C1CSCO1. The molecule has 1 rings (SSSR count). The van der Waals surface area contributed by atoms with Crippen LogP contribution in [0.25, 0.3) is 0 Å². The highest BCUT2D eigenvalue weighted by Gasteiger charge is 2.18. The lowest BCUT2D eigenvalue weighted by Gasteiger charge is -2.10. The van der Waals surface area contributed by atoms with Crippen molar-refractivity contribution in [2.45, 2.75) is 20.0 Å². The normalized spacial score (nSPS) is 29.6. The zero-order chi connectivity index (χ0) is 5.98. The Morgan fingerprint density at radius 3 is 2.62 bits per heavy atom. The number of hydrogen-bond acceptors (Lipinski definition) is 2. The van der Waals surface area contributed by atoms with Crippen molar-refractivity contribution in [3.8, 4) is 0 Å². The molecule has 0 N–H and O–H groups in total. The van der Waals surface area contributed by atoms with Crippen LogP contribution in [-0.4, -0.2) is 17.8 Å². The van der Waals surface area contributed by atoms with Crippen LogP contribution in [0.1, 0.15) is 13.8 Å². The van der Waals surface area contributed by atoms with Crippen molar-refractivity contribution in [2.24, 2.45) is 5.92 Å². The van der Waals surface area contributed by atoms with Gasteiger partial charge in [0, 0.05) is 5.75 Å². The fourth-order valence-corrected chi connectivity index (χ4v) is 1.81. The summed E-state index contributed by atoms with van der Waals surface area (Å²) in [6.45, 7) is 4.41. The molecular formula is C6H12OS. The molecule has 2 heteroatoms. The van der Waals surface area contributed by atoms with Crippen LogP contribution in [0.3, 0.4) is 0 Å². The Bertz CT molecular complexity index is 66.9. The summed E-state index contributed by atoms with van der Waals surface area (Å²) in [5.74, 6) is 2.80. The molecule has 1 saturated heterocycles. The Morgan fingerprint density at radius 1 is 1.62 bits per heavy atom. The summed E-state index contributed by atoms with van der Waals surface area (Å²) in [5.41, 5.74) is 0.